The molecular formula is C13H17NO2. The number of hydrogen-bond donors (Lipinski definition) is 1. The highest BCUT2D eigenvalue weighted by molar-refractivity contribution is 5.76. The van der Waals surface area contributed by atoms with Gasteiger partial charge in [-0.25, -0.2) is 0 Å². The van der Waals surface area contributed by atoms with Crippen LogP contribution in [0.2, 0.25) is 0 Å². The summed E-state index contributed by atoms with van der Waals surface area (Å²) in [7, 11) is 2.02. The first-order valence-corrected chi connectivity index (χ1v) is 5.56. The van der Waals surface area contributed by atoms with E-state index in [9.17, 15) is 9.90 Å². The number of likely N-dealkylation sites (tertiary alicyclic amines) is 1. The number of benzene rings is 1. The van der Waals surface area contributed by atoms with Crippen LogP contribution in [0.3, 0.4) is 0 Å². The van der Waals surface area contributed by atoms with Crippen molar-refractivity contribution in [2.45, 2.75) is 12.8 Å². The summed E-state index contributed by atoms with van der Waals surface area (Å²) in [5, 5.41) is 9.30. The van der Waals surface area contributed by atoms with E-state index in [1.165, 1.54) is 5.56 Å². The van der Waals surface area contributed by atoms with Crippen LogP contribution in [-0.2, 0) is 4.79 Å². The maximum atomic E-state index is 11.3. The average Bonchev–Trinajstić information content (AvgIpc) is 2.18. The second-order valence-corrected chi connectivity index (χ2v) is 4.71. The molecule has 1 aliphatic rings. The number of aliphatic carboxylic acids is 1. The largest absolute Gasteiger partial charge is 0.481 e. The molecule has 1 saturated heterocycles. The van der Waals surface area contributed by atoms with Crippen LogP contribution in [0.5, 0.6) is 0 Å². The van der Waals surface area contributed by atoms with Gasteiger partial charge in [0.25, 0.3) is 0 Å². The van der Waals surface area contributed by atoms with Gasteiger partial charge in [0.2, 0.25) is 0 Å². The summed E-state index contributed by atoms with van der Waals surface area (Å²) < 4.78 is 0. The maximum Gasteiger partial charge on any atom is 0.311 e. The minimum Gasteiger partial charge on any atom is -0.481 e. The van der Waals surface area contributed by atoms with Gasteiger partial charge in [-0.3, -0.25) is 4.79 Å². The predicted molar refractivity (Wildman–Crippen MR) is 62.5 cm³/mol. The lowest BCUT2D eigenvalue weighted by Gasteiger charge is -2.39. The molecule has 1 atom stereocenters. The zero-order valence-corrected chi connectivity index (χ0v) is 9.68. The van der Waals surface area contributed by atoms with E-state index >= 15 is 0 Å². The second kappa shape index (κ2) is 4.26. The lowest BCUT2D eigenvalue weighted by atomic mass is 9.81. The molecule has 0 aromatic heterocycles. The van der Waals surface area contributed by atoms with Crippen LogP contribution in [0.4, 0.5) is 0 Å². The molecule has 0 bridgehead atoms. The minimum absolute atomic E-state index is 0.255. The van der Waals surface area contributed by atoms with E-state index in [0.29, 0.717) is 0 Å². The SMILES string of the molecule is Cc1ccc(C(C(=O)O)C2CN(C)C2)cc1. The van der Waals surface area contributed by atoms with Gasteiger partial charge in [0.05, 0.1) is 5.92 Å². The fourth-order valence-electron chi connectivity index (χ4n) is 2.35. The first-order chi connectivity index (χ1) is 7.58. The van der Waals surface area contributed by atoms with E-state index in [0.717, 1.165) is 18.7 Å². The van der Waals surface area contributed by atoms with E-state index in [1.807, 2.05) is 38.2 Å². The van der Waals surface area contributed by atoms with E-state index < -0.39 is 5.97 Å². The average molecular weight is 219 g/mol. The Balaban J connectivity index is 2.19. The van der Waals surface area contributed by atoms with Crippen molar-refractivity contribution in [3.8, 4) is 0 Å². The second-order valence-electron chi connectivity index (χ2n) is 4.71. The highest BCUT2D eigenvalue weighted by Gasteiger charge is 2.36. The molecule has 2 rings (SSSR count). The van der Waals surface area contributed by atoms with Crippen molar-refractivity contribution in [1.82, 2.24) is 4.90 Å². The molecule has 1 fully saturated rings. The number of hydrogen-bond acceptors (Lipinski definition) is 2. The monoisotopic (exact) mass is 219 g/mol. The van der Waals surface area contributed by atoms with Gasteiger partial charge in [-0.15, -0.1) is 0 Å². The standard InChI is InChI=1S/C13H17NO2/c1-9-3-5-10(6-4-9)12(13(15)16)11-7-14(2)8-11/h3-6,11-12H,7-8H2,1-2H3,(H,15,16). The molecule has 1 heterocycles. The third-order valence-corrected chi connectivity index (χ3v) is 3.27. The number of carbonyl (C=O) groups is 1. The van der Waals surface area contributed by atoms with Gasteiger partial charge in [-0.2, -0.15) is 0 Å². The van der Waals surface area contributed by atoms with Crippen LogP contribution >= 0.6 is 0 Å². The highest BCUT2D eigenvalue weighted by Crippen LogP contribution is 2.31. The van der Waals surface area contributed by atoms with E-state index in [1.54, 1.807) is 0 Å². The van der Waals surface area contributed by atoms with Crippen LogP contribution in [0, 0.1) is 12.8 Å². The molecule has 86 valence electrons. The fourth-order valence-corrected chi connectivity index (χ4v) is 2.35. The summed E-state index contributed by atoms with van der Waals surface area (Å²) in [4.78, 5) is 13.5. The summed E-state index contributed by atoms with van der Waals surface area (Å²) in [6.07, 6.45) is 0. The van der Waals surface area contributed by atoms with Crippen molar-refractivity contribution in [3.63, 3.8) is 0 Å². The molecule has 0 amide bonds. The lowest BCUT2D eigenvalue weighted by Crippen LogP contribution is -2.48. The van der Waals surface area contributed by atoms with Gasteiger partial charge in [0, 0.05) is 19.0 Å². The molecule has 0 spiro atoms. The summed E-state index contributed by atoms with van der Waals surface area (Å²) in [5.41, 5.74) is 2.09. The van der Waals surface area contributed by atoms with Gasteiger partial charge < -0.3 is 10.0 Å². The van der Waals surface area contributed by atoms with Gasteiger partial charge in [0.1, 0.15) is 0 Å². The molecule has 3 nitrogen and oxygen atoms in total. The van der Waals surface area contributed by atoms with Crippen LogP contribution in [0.1, 0.15) is 17.0 Å². The number of carboxylic acid groups (broad SMARTS) is 1. The third-order valence-electron chi connectivity index (χ3n) is 3.27. The molecule has 1 unspecified atom stereocenters. The molecule has 0 aliphatic carbocycles. The van der Waals surface area contributed by atoms with Gasteiger partial charge in [-0.05, 0) is 19.5 Å². The Morgan fingerprint density at radius 2 is 1.94 bits per heavy atom. The lowest BCUT2D eigenvalue weighted by molar-refractivity contribution is -0.141. The maximum absolute atomic E-state index is 11.3. The molecule has 0 radical (unpaired) electrons. The smallest absolute Gasteiger partial charge is 0.311 e. The van der Waals surface area contributed by atoms with E-state index in [-0.39, 0.29) is 11.8 Å². The molecule has 1 aromatic carbocycles. The molecular weight excluding hydrogens is 202 g/mol. The highest BCUT2D eigenvalue weighted by atomic mass is 16.4. The van der Waals surface area contributed by atoms with Crippen molar-refractivity contribution in [2.24, 2.45) is 5.92 Å². The third kappa shape index (κ3) is 2.09. The Morgan fingerprint density at radius 3 is 2.38 bits per heavy atom. The Labute approximate surface area is 95.7 Å². The molecule has 0 saturated carbocycles. The molecule has 16 heavy (non-hydrogen) atoms. The van der Waals surface area contributed by atoms with Crippen LogP contribution < -0.4 is 0 Å². The Morgan fingerprint density at radius 1 is 1.38 bits per heavy atom. The van der Waals surface area contributed by atoms with Crippen molar-refractivity contribution in [1.29, 1.82) is 0 Å². The van der Waals surface area contributed by atoms with E-state index in [4.69, 9.17) is 0 Å². The van der Waals surface area contributed by atoms with Gasteiger partial charge in [0.15, 0.2) is 0 Å². The van der Waals surface area contributed by atoms with Crippen molar-refractivity contribution < 1.29 is 9.90 Å². The molecule has 1 aliphatic heterocycles. The topological polar surface area (TPSA) is 40.5 Å². The van der Waals surface area contributed by atoms with Crippen molar-refractivity contribution in [2.75, 3.05) is 20.1 Å². The van der Waals surface area contributed by atoms with Crippen LogP contribution in [-0.4, -0.2) is 36.1 Å². The summed E-state index contributed by atoms with van der Waals surface area (Å²) >= 11 is 0. The zero-order chi connectivity index (χ0) is 11.7. The van der Waals surface area contributed by atoms with Crippen molar-refractivity contribution >= 4 is 5.97 Å². The number of nitrogens with zero attached hydrogens (tertiary/aromatic N) is 1. The normalized spacial score (nSPS) is 19.1. The first kappa shape index (κ1) is 11.1. The quantitative estimate of drug-likeness (QED) is 0.841. The van der Waals surface area contributed by atoms with Gasteiger partial charge in [-0.1, -0.05) is 29.8 Å². The van der Waals surface area contributed by atoms with Crippen LogP contribution in [0.15, 0.2) is 24.3 Å². The van der Waals surface area contributed by atoms with E-state index in [2.05, 4.69) is 4.90 Å². The Bertz CT molecular complexity index is 379. The number of aryl methyl sites for hydroxylation is 1. The first-order valence-electron chi connectivity index (χ1n) is 5.56. The Hall–Kier alpha value is -1.35. The molecule has 3 heteroatoms. The fraction of sp³-hybridized carbons (Fsp3) is 0.462. The van der Waals surface area contributed by atoms with Gasteiger partial charge >= 0.3 is 5.97 Å². The van der Waals surface area contributed by atoms with Crippen LogP contribution in [0.25, 0.3) is 0 Å². The van der Waals surface area contributed by atoms with Crippen molar-refractivity contribution in [3.05, 3.63) is 35.4 Å². The number of carboxylic acids is 1. The minimum atomic E-state index is -0.707. The molecule has 1 N–H and O–H groups in total. The summed E-state index contributed by atoms with van der Waals surface area (Å²) in [6, 6.07) is 7.83. The summed E-state index contributed by atoms with van der Waals surface area (Å²) in [6.45, 7) is 3.77. The molecule has 1 aromatic rings. The Kier molecular flexibility index (Phi) is 2.97. The summed E-state index contributed by atoms with van der Waals surface area (Å²) in [5.74, 6) is -0.802. The predicted octanol–water partition coefficient (Wildman–Crippen LogP) is 1.72. The zero-order valence-electron chi connectivity index (χ0n) is 9.68. The number of rotatable bonds is 3.